The van der Waals surface area contributed by atoms with Gasteiger partial charge in [0.1, 0.15) is 6.61 Å². The number of amides is 1. The molecule has 0 spiro atoms. The van der Waals surface area contributed by atoms with Crippen molar-refractivity contribution in [3.8, 4) is 11.1 Å². The zero-order valence-corrected chi connectivity index (χ0v) is 20.2. The van der Waals surface area contributed by atoms with Crippen LogP contribution in [-0.4, -0.2) is 78.6 Å². The predicted octanol–water partition coefficient (Wildman–Crippen LogP) is 2.97. The molecule has 3 rings (SSSR count). The van der Waals surface area contributed by atoms with Crippen molar-refractivity contribution in [2.24, 2.45) is 5.73 Å². The zero-order chi connectivity index (χ0) is 23.1. The smallest absolute Gasteiger partial charge is 0.407 e. The van der Waals surface area contributed by atoms with Gasteiger partial charge in [-0.2, -0.15) is 0 Å². The number of halogens is 1. The van der Waals surface area contributed by atoms with Gasteiger partial charge in [-0.25, -0.2) is 4.79 Å². The van der Waals surface area contributed by atoms with E-state index in [9.17, 15) is 4.79 Å². The molecule has 0 radical (unpaired) electrons. The molecule has 0 heterocycles. The SMILES string of the molecule is Cl.NCCOCCOCCOCCOCCNC(=O)OCC1c2ccccc2-c2ccccc21. The number of hydrogen-bond acceptors (Lipinski definition) is 7. The minimum Gasteiger partial charge on any atom is -0.449 e. The normalized spacial score (nSPS) is 12.0. The van der Waals surface area contributed by atoms with Crippen LogP contribution < -0.4 is 11.1 Å². The fraction of sp³-hybridized carbons (Fsp3) is 0.480. The standard InChI is InChI=1S/C25H34N2O6.ClH/c26-9-11-29-13-15-31-17-18-32-16-14-30-12-10-27-25(28)33-19-24-22-7-3-1-5-20(22)21-6-2-4-8-23(21)24;/h1-8,24H,9-19,26H2,(H,27,28);1H. The molecule has 0 saturated carbocycles. The molecular weight excluding hydrogens is 460 g/mol. The monoisotopic (exact) mass is 494 g/mol. The third-order valence-corrected chi connectivity index (χ3v) is 5.24. The lowest BCUT2D eigenvalue weighted by Crippen LogP contribution is -2.29. The molecule has 2 aromatic rings. The summed E-state index contributed by atoms with van der Waals surface area (Å²) in [5.74, 6) is 0.0546. The summed E-state index contributed by atoms with van der Waals surface area (Å²) >= 11 is 0. The summed E-state index contributed by atoms with van der Waals surface area (Å²) in [7, 11) is 0. The maximum Gasteiger partial charge on any atom is 0.407 e. The van der Waals surface area contributed by atoms with Crippen molar-refractivity contribution < 1.29 is 28.5 Å². The fourth-order valence-corrected chi connectivity index (χ4v) is 3.72. The highest BCUT2D eigenvalue weighted by molar-refractivity contribution is 5.85. The van der Waals surface area contributed by atoms with Crippen molar-refractivity contribution in [1.29, 1.82) is 0 Å². The van der Waals surface area contributed by atoms with Gasteiger partial charge in [0.15, 0.2) is 0 Å². The van der Waals surface area contributed by atoms with Gasteiger partial charge >= 0.3 is 6.09 Å². The Bertz CT molecular complexity index is 808. The summed E-state index contributed by atoms with van der Waals surface area (Å²) < 4.78 is 26.9. The van der Waals surface area contributed by atoms with Crippen LogP contribution in [0.15, 0.2) is 48.5 Å². The quantitative estimate of drug-likeness (QED) is 0.346. The molecule has 34 heavy (non-hydrogen) atoms. The van der Waals surface area contributed by atoms with Gasteiger partial charge in [-0.3, -0.25) is 0 Å². The molecule has 1 amide bonds. The lowest BCUT2D eigenvalue weighted by atomic mass is 9.98. The van der Waals surface area contributed by atoms with Gasteiger partial charge in [0, 0.05) is 19.0 Å². The average molecular weight is 495 g/mol. The second-order valence-corrected chi connectivity index (χ2v) is 7.49. The number of ether oxygens (including phenoxy) is 5. The molecule has 3 N–H and O–H groups in total. The van der Waals surface area contributed by atoms with Gasteiger partial charge in [-0.15, -0.1) is 12.4 Å². The highest BCUT2D eigenvalue weighted by Gasteiger charge is 2.28. The third kappa shape index (κ3) is 8.87. The van der Waals surface area contributed by atoms with Gasteiger partial charge < -0.3 is 34.7 Å². The number of fused-ring (bicyclic) bond motifs is 3. The molecule has 0 saturated heterocycles. The highest BCUT2D eigenvalue weighted by atomic mass is 35.5. The molecule has 8 nitrogen and oxygen atoms in total. The number of benzene rings is 2. The van der Waals surface area contributed by atoms with Crippen LogP contribution in [0.5, 0.6) is 0 Å². The Labute approximate surface area is 207 Å². The number of alkyl carbamates (subject to hydrolysis) is 1. The second kappa shape index (κ2) is 16.4. The Morgan fingerprint density at radius 2 is 1.21 bits per heavy atom. The number of hydrogen-bond donors (Lipinski definition) is 2. The molecule has 0 aliphatic heterocycles. The molecule has 0 atom stereocenters. The number of nitrogens with two attached hydrogens (primary N) is 1. The van der Waals surface area contributed by atoms with Crippen LogP contribution in [-0.2, 0) is 23.7 Å². The maximum atomic E-state index is 12.1. The van der Waals surface area contributed by atoms with Gasteiger partial charge in [0.05, 0.1) is 52.9 Å². The molecule has 9 heteroatoms. The molecule has 0 fully saturated rings. The molecule has 0 unspecified atom stereocenters. The van der Waals surface area contributed by atoms with Crippen LogP contribution in [0.1, 0.15) is 17.0 Å². The lowest BCUT2D eigenvalue weighted by Gasteiger charge is -2.14. The topological polar surface area (TPSA) is 101 Å². The van der Waals surface area contributed by atoms with E-state index < -0.39 is 6.09 Å². The average Bonchev–Trinajstić information content (AvgIpc) is 3.16. The van der Waals surface area contributed by atoms with Crippen LogP contribution in [0.2, 0.25) is 0 Å². The minimum absolute atomic E-state index is 0. The summed E-state index contributed by atoms with van der Waals surface area (Å²) in [6.07, 6.45) is -0.440. The van der Waals surface area contributed by atoms with Crippen molar-refractivity contribution in [3.63, 3.8) is 0 Å². The number of carbonyl (C=O) groups excluding carboxylic acids is 1. The van der Waals surface area contributed by atoms with Gasteiger partial charge in [0.25, 0.3) is 0 Å². The summed E-state index contributed by atoms with van der Waals surface area (Å²) in [6.45, 7) is 5.13. The van der Waals surface area contributed by atoms with E-state index in [-0.39, 0.29) is 18.3 Å². The van der Waals surface area contributed by atoms with E-state index in [2.05, 4.69) is 29.6 Å². The van der Waals surface area contributed by atoms with Gasteiger partial charge in [0.2, 0.25) is 0 Å². The van der Waals surface area contributed by atoms with E-state index in [4.69, 9.17) is 29.4 Å². The third-order valence-electron chi connectivity index (χ3n) is 5.24. The Kier molecular flexibility index (Phi) is 13.6. The summed E-state index contributed by atoms with van der Waals surface area (Å²) in [5.41, 5.74) is 10.1. The van der Waals surface area contributed by atoms with Crippen LogP contribution in [0.3, 0.4) is 0 Å². The highest BCUT2D eigenvalue weighted by Crippen LogP contribution is 2.44. The van der Waals surface area contributed by atoms with E-state index in [0.717, 1.165) is 0 Å². The summed E-state index contributed by atoms with van der Waals surface area (Å²) in [6, 6.07) is 16.5. The zero-order valence-electron chi connectivity index (χ0n) is 19.4. The largest absolute Gasteiger partial charge is 0.449 e. The first kappa shape index (κ1) is 28.0. The summed E-state index contributed by atoms with van der Waals surface area (Å²) in [5, 5.41) is 2.73. The predicted molar refractivity (Wildman–Crippen MR) is 133 cm³/mol. The number of rotatable bonds is 16. The first-order valence-corrected chi connectivity index (χ1v) is 11.4. The number of nitrogens with one attached hydrogen (secondary N) is 1. The molecule has 0 bridgehead atoms. The van der Waals surface area contributed by atoms with Crippen molar-refractivity contribution in [2.45, 2.75) is 5.92 Å². The van der Waals surface area contributed by atoms with Crippen molar-refractivity contribution in [3.05, 3.63) is 59.7 Å². The van der Waals surface area contributed by atoms with Crippen LogP contribution >= 0.6 is 12.4 Å². The summed E-state index contributed by atoms with van der Waals surface area (Å²) in [4.78, 5) is 12.1. The van der Waals surface area contributed by atoms with Crippen molar-refractivity contribution in [2.75, 3.05) is 72.6 Å². The van der Waals surface area contributed by atoms with Gasteiger partial charge in [-0.05, 0) is 22.3 Å². The first-order valence-electron chi connectivity index (χ1n) is 11.4. The molecular formula is C25H35ClN2O6. The molecule has 1 aliphatic carbocycles. The lowest BCUT2D eigenvalue weighted by molar-refractivity contribution is -0.000641. The molecule has 188 valence electrons. The second-order valence-electron chi connectivity index (χ2n) is 7.49. The van der Waals surface area contributed by atoms with Crippen LogP contribution in [0.25, 0.3) is 11.1 Å². The minimum atomic E-state index is -0.440. The Morgan fingerprint density at radius 3 is 1.74 bits per heavy atom. The van der Waals surface area contributed by atoms with E-state index in [1.54, 1.807) is 0 Å². The molecule has 1 aliphatic rings. The molecule has 2 aromatic carbocycles. The van der Waals surface area contributed by atoms with E-state index >= 15 is 0 Å². The van der Waals surface area contributed by atoms with Crippen molar-refractivity contribution in [1.82, 2.24) is 5.32 Å². The van der Waals surface area contributed by atoms with E-state index in [1.165, 1.54) is 22.3 Å². The Morgan fingerprint density at radius 1 is 0.735 bits per heavy atom. The van der Waals surface area contributed by atoms with E-state index in [1.807, 2.05) is 24.3 Å². The van der Waals surface area contributed by atoms with E-state index in [0.29, 0.717) is 72.6 Å². The Hall–Kier alpha value is -2.20. The van der Waals surface area contributed by atoms with Crippen LogP contribution in [0.4, 0.5) is 4.79 Å². The number of carbonyl (C=O) groups is 1. The molecule has 0 aromatic heterocycles. The maximum absolute atomic E-state index is 12.1. The van der Waals surface area contributed by atoms with Crippen LogP contribution in [0, 0.1) is 0 Å². The Balaban J connectivity index is 0.00000408. The van der Waals surface area contributed by atoms with Gasteiger partial charge in [-0.1, -0.05) is 48.5 Å². The van der Waals surface area contributed by atoms with Crippen molar-refractivity contribution >= 4 is 18.5 Å². The first-order chi connectivity index (χ1) is 16.3. The fourth-order valence-electron chi connectivity index (χ4n) is 3.72.